The van der Waals surface area contributed by atoms with Crippen molar-refractivity contribution in [3.8, 4) is 0 Å². The lowest BCUT2D eigenvalue weighted by Crippen LogP contribution is -2.56. The minimum absolute atomic E-state index is 0.111. The largest absolute Gasteiger partial charge is 0.358 e. The molecule has 0 bridgehead atoms. The van der Waals surface area contributed by atoms with E-state index in [1.165, 1.54) is 0 Å². The Morgan fingerprint density at radius 1 is 1.90 bits per heavy atom. The van der Waals surface area contributed by atoms with Crippen LogP contribution in [0.3, 0.4) is 0 Å². The second-order valence-electron chi connectivity index (χ2n) is 2.32. The van der Waals surface area contributed by atoms with E-state index < -0.39 is 0 Å². The number of nitrogens with zero attached hydrogens (tertiary/aromatic N) is 1. The van der Waals surface area contributed by atoms with Crippen molar-refractivity contribution >= 4 is 23.2 Å². The summed E-state index contributed by atoms with van der Waals surface area (Å²) in [5.41, 5.74) is 0. The first-order valence-electron chi connectivity index (χ1n) is 2.99. The molecule has 0 aromatic carbocycles. The molecule has 1 saturated heterocycles. The summed E-state index contributed by atoms with van der Waals surface area (Å²) in [4.78, 5) is 10.9. The Labute approximate surface area is 64.3 Å². The van der Waals surface area contributed by atoms with Gasteiger partial charge in [-0.15, -0.1) is 0 Å². The van der Waals surface area contributed by atoms with Crippen molar-refractivity contribution in [2.75, 3.05) is 0 Å². The fourth-order valence-electron chi connectivity index (χ4n) is 0.805. The quantitative estimate of drug-likeness (QED) is 0.280. The third kappa shape index (κ3) is 1.25. The number of thiocarbonyl (C=S) groups is 1. The molecular weight excluding hydrogens is 150 g/mol. The zero-order chi connectivity index (χ0) is 7.72. The van der Waals surface area contributed by atoms with E-state index in [4.69, 9.17) is 18.1 Å². The van der Waals surface area contributed by atoms with Gasteiger partial charge in [-0.25, -0.2) is 10.9 Å². The molecule has 4 nitrogen and oxygen atoms in total. The normalized spacial score (nSPS) is 26.6. The summed E-state index contributed by atoms with van der Waals surface area (Å²) in [5.74, 6) is 5.14. The van der Waals surface area contributed by atoms with Crippen LogP contribution in [0.2, 0.25) is 0 Å². The predicted octanol–water partition coefficient (Wildman–Crippen LogP) is -0.645. The first kappa shape index (κ1) is 7.43. The summed E-state index contributed by atoms with van der Waals surface area (Å²) >= 11 is 4.75. The van der Waals surface area contributed by atoms with Crippen molar-refractivity contribution in [1.29, 1.82) is 0 Å². The summed E-state index contributed by atoms with van der Waals surface area (Å²) in [6.07, 6.45) is 0.413. The molecule has 5 heteroatoms. The molecule has 1 unspecified atom stereocenters. The van der Waals surface area contributed by atoms with E-state index in [0.29, 0.717) is 11.5 Å². The van der Waals surface area contributed by atoms with Gasteiger partial charge in [0.05, 0.1) is 0 Å². The molecule has 1 amide bonds. The fraction of sp³-hybridized carbons (Fsp3) is 0.600. The molecule has 10 heavy (non-hydrogen) atoms. The Morgan fingerprint density at radius 2 is 2.50 bits per heavy atom. The number of carbonyl (C=O) groups excluding carboxylic acids is 1. The van der Waals surface area contributed by atoms with Gasteiger partial charge in [0.25, 0.3) is 0 Å². The minimum atomic E-state index is -0.128. The van der Waals surface area contributed by atoms with Crippen molar-refractivity contribution in [2.45, 2.75) is 19.4 Å². The third-order valence-corrected chi connectivity index (χ3v) is 1.65. The highest BCUT2D eigenvalue weighted by Gasteiger charge is 2.23. The Balaban J connectivity index is 2.66. The summed E-state index contributed by atoms with van der Waals surface area (Å²) < 4.78 is 0. The topological polar surface area (TPSA) is 58.4 Å². The summed E-state index contributed by atoms with van der Waals surface area (Å²) in [7, 11) is 0. The number of hydrogen-bond donors (Lipinski definition) is 2. The molecule has 0 spiro atoms. The number of nitrogens with two attached hydrogens (primary N) is 1. The average molecular weight is 159 g/mol. The van der Waals surface area contributed by atoms with Crippen molar-refractivity contribution in [3.05, 3.63) is 0 Å². The van der Waals surface area contributed by atoms with Gasteiger partial charge in [0.1, 0.15) is 0 Å². The van der Waals surface area contributed by atoms with Gasteiger partial charge in [0.2, 0.25) is 5.91 Å². The van der Waals surface area contributed by atoms with Crippen LogP contribution in [0.5, 0.6) is 0 Å². The maximum atomic E-state index is 10.9. The standard InChI is InChI=1S/C5H9N3OS/c1-3-2-4(9)8(6)5(10)7-3/h3H,2,6H2,1H3,(H,7,10). The first-order chi connectivity index (χ1) is 4.61. The molecule has 0 saturated carbocycles. The molecule has 0 aromatic heterocycles. The molecule has 1 fully saturated rings. The van der Waals surface area contributed by atoms with E-state index in [0.717, 1.165) is 5.01 Å². The number of hydrazine groups is 1. The van der Waals surface area contributed by atoms with Crippen LogP contribution in [0, 0.1) is 0 Å². The van der Waals surface area contributed by atoms with Crippen LogP contribution >= 0.6 is 12.2 Å². The van der Waals surface area contributed by atoms with Gasteiger partial charge < -0.3 is 5.32 Å². The number of rotatable bonds is 0. The van der Waals surface area contributed by atoms with Gasteiger partial charge in [-0.1, -0.05) is 0 Å². The number of hydrogen-bond acceptors (Lipinski definition) is 3. The van der Waals surface area contributed by atoms with Gasteiger partial charge in [-0.2, -0.15) is 0 Å². The number of amides is 1. The van der Waals surface area contributed by atoms with Crippen molar-refractivity contribution in [1.82, 2.24) is 10.3 Å². The Morgan fingerprint density at radius 3 is 3.00 bits per heavy atom. The van der Waals surface area contributed by atoms with E-state index >= 15 is 0 Å². The summed E-state index contributed by atoms with van der Waals surface area (Å²) in [6.45, 7) is 1.89. The van der Waals surface area contributed by atoms with Crippen LogP contribution in [0.15, 0.2) is 0 Å². The predicted molar refractivity (Wildman–Crippen MR) is 40.8 cm³/mol. The maximum absolute atomic E-state index is 10.9. The van der Waals surface area contributed by atoms with Crippen LogP contribution in [0.1, 0.15) is 13.3 Å². The average Bonchev–Trinajstić information content (AvgIpc) is 1.82. The van der Waals surface area contributed by atoms with Crippen LogP contribution in [0.4, 0.5) is 0 Å². The van der Waals surface area contributed by atoms with E-state index in [-0.39, 0.29) is 11.9 Å². The van der Waals surface area contributed by atoms with Crippen molar-refractivity contribution in [2.24, 2.45) is 5.84 Å². The molecule has 0 aliphatic carbocycles. The zero-order valence-corrected chi connectivity index (χ0v) is 6.44. The molecule has 1 aliphatic heterocycles. The molecule has 0 radical (unpaired) electrons. The lowest BCUT2D eigenvalue weighted by atomic mass is 10.2. The van der Waals surface area contributed by atoms with E-state index in [1.54, 1.807) is 0 Å². The van der Waals surface area contributed by atoms with Gasteiger partial charge >= 0.3 is 0 Å². The molecule has 3 N–H and O–H groups in total. The van der Waals surface area contributed by atoms with Crippen molar-refractivity contribution in [3.63, 3.8) is 0 Å². The maximum Gasteiger partial charge on any atom is 0.245 e. The van der Waals surface area contributed by atoms with Gasteiger partial charge in [-0.3, -0.25) is 4.79 Å². The van der Waals surface area contributed by atoms with Crippen LogP contribution in [-0.4, -0.2) is 22.1 Å². The van der Waals surface area contributed by atoms with Crippen molar-refractivity contribution < 1.29 is 4.79 Å². The monoisotopic (exact) mass is 159 g/mol. The van der Waals surface area contributed by atoms with E-state index in [2.05, 4.69) is 5.32 Å². The zero-order valence-electron chi connectivity index (χ0n) is 5.63. The molecular formula is C5H9N3OS. The first-order valence-corrected chi connectivity index (χ1v) is 3.40. The SMILES string of the molecule is CC1CC(=O)N(N)C(=S)N1. The van der Waals surface area contributed by atoms with Gasteiger partial charge in [0, 0.05) is 12.5 Å². The highest BCUT2D eigenvalue weighted by atomic mass is 32.1. The summed E-state index contributed by atoms with van der Waals surface area (Å²) in [6, 6.07) is 0.111. The highest BCUT2D eigenvalue weighted by molar-refractivity contribution is 7.80. The Kier molecular flexibility index (Phi) is 1.87. The Hall–Kier alpha value is -0.680. The fourth-order valence-corrected chi connectivity index (χ4v) is 1.11. The molecule has 56 valence electrons. The van der Waals surface area contributed by atoms with Gasteiger partial charge in [0.15, 0.2) is 5.11 Å². The smallest absolute Gasteiger partial charge is 0.245 e. The number of carbonyl (C=O) groups is 1. The van der Waals surface area contributed by atoms with Gasteiger partial charge in [-0.05, 0) is 19.1 Å². The molecule has 1 atom stereocenters. The Bertz CT molecular complexity index is 164. The van der Waals surface area contributed by atoms with E-state index in [9.17, 15) is 4.79 Å². The molecule has 0 aromatic rings. The highest BCUT2D eigenvalue weighted by Crippen LogP contribution is 2.01. The van der Waals surface area contributed by atoms with E-state index in [1.807, 2.05) is 6.92 Å². The second-order valence-corrected chi connectivity index (χ2v) is 2.71. The summed E-state index contributed by atoms with van der Waals surface area (Å²) in [5, 5.41) is 4.15. The van der Waals surface area contributed by atoms with Crippen LogP contribution in [-0.2, 0) is 4.79 Å². The third-order valence-electron chi connectivity index (χ3n) is 1.34. The second kappa shape index (κ2) is 2.51. The molecule has 1 aliphatic rings. The van der Waals surface area contributed by atoms with Crippen LogP contribution in [0.25, 0.3) is 0 Å². The number of nitrogens with one attached hydrogen (secondary N) is 1. The lowest BCUT2D eigenvalue weighted by molar-refractivity contribution is -0.129. The molecule has 1 rings (SSSR count). The molecule has 1 heterocycles. The lowest BCUT2D eigenvalue weighted by Gasteiger charge is -2.28. The minimum Gasteiger partial charge on any atom is -0.358 e. The van der Waals surface area contributed by atoms with Crippen LogP contribution < -0.4 is 11.2 Å².